The molecule has 0 aliphatic rings. The maximum absolute atomic E-state index is 10.7. The molecule has 0 aromatic carbocycles. The fourth-order valence-electron chi connectivity index (χ4n) is 1.45. The number of nitrogens with zero attached hydrogens (tertiary/aromatic N) is 3. The predicted octanol–water partition coefficient (Wildman–Crippen LogP) is 1.45. The molecule has 0 N–H and O–H groups in total. The van der Waals surface area contributed by atoms with Crippen molar-refractivity contribution in [2.75, 3.05) is 0 Å². The minimum Gasteiger partial charge on any atom is -0.339 e. The molecule has 76 valence electrons. The summed E-state index contributed by atoms with van der Waals surface area (Å²) in [6.45, 7) is 2.45. The molecule has 4 nitrogen and oxygen atoms in total. The van der Waals surface area contributed by atoms with Gasteiger partial charge in [-0.25, -0.2) is 9.97 Å². The number of carbonyl (C=O) groups excluding carboxylic acids is 1. The van der Waals surface area contributed by atoms with Gasteiger partial charge in [0.25, 0.3) is 0 Å². The van der Waals surface area contributed by atoms with Crippen molar-refractivity contribution < 1.29 is 4.79 Å². The van der Waals surface area contributed by atoms with Gasteiger partial charge in [-0.3, -0.25) is 4.79 Å². The predicted molar refractivity (Wildman–Crippen MR) is 55.7 cm³/mol. The van der Waals surface area contributed by atoms with Crippen LogP contribution in [0.3, 0.4) is 0 Å². The quantitative estimate of drug-likeness (QED) is 0.706. The number of hydrogen-bond acceptors (Lipinski definition) is 3. The van der Waals surface area contributed by atoms with Crippen molar-refractivity contribution in [2.45, 2.75) is 13.5 Å². The van der Waals surface area contributed by atoms with E-state index in [0.29, 0.717) is 12.2 Å². The smallest absolute Gasteiger partial charge is 0.166 e. The monoisotopic (exact) mass is 201 g/mol. The lowest BCUT2D eigenvalue weighted by Crippen LogP contribution is -2.05. The van der Waals surface area contributed by atoms with E-state index < -0.39 is 0 Å². The molecule has 0 atom stereocenters. The standard InChI is InChI=1S/C11H11N3O/c1-9-12-5-4-10(13-9)7-14-6-2-3-11(14)8-15/h2-6,8H,7H2,1H3. The molecule has 0 radical (unpaired) electrons. The van der Waals surface area contributed by atoms with Gasteiger partial charge < -0.3 is 4.57 Å². The number of aldehydes is 1. The van der Waals surface area contributed by atoms with Crippen molar-refractivity contribution in [3.8, 4) is 0 Å². The second kappa shape index (κ2) is 4.04. The number of aryl methyl sites for hydroxylation is 1. The Morgan fingerprint density at radius 3 is 3.07 bits per heavy atom. The molecule has 0 unspecified atom stereocenters. The molecular formula is C11H11N3O. The third kappa shape index (κ3) is 2.10. The molecule has 2 rings (SSSR count). The lowest BCUT2D eigenvalue weighted by molar-refractivity contribution is 0.111. The molecule has 0 bridgehead atoms. The minimum atomic E-state index is 0.602. The summed E-state index contributed by atoms with van der Waals surface area (Å²) < 4.78 is 1.86. The Kier molecular flexibility index (Phi) is 2.58. The topological polar surface area (TPSA) is 47.8 Å². The van der Waals surface area contributed by atoms with Gasteiger partial charge in [0.1, 0.15) is 5.82 Å². The van der Waals surface area contributed by atoms with Gasteiger partial charge >= 0.3 is 0 Å². The number of carbonyl (C=O) groups is 1. The van der Waals surface area contributed by atoms with Crippen molar-refractivity contribution in [1.82, 2.24) is 14.5 Å². The average molecular weight is 201 g/mol. The summed E-state index contributed by atoms with van der Waals surface area (Å²) in [7, 11) is 0. The maximum atomic E-state index is 10.7. The van der Waals surface area contributed by atoms with Gasteiger partial charge in [-0.2, -0.15) is 0 Å². The fraction of sp³-hybridized carbons (Fsp3) is 0.182. The second-order valence-electron chi connectivity index (χ2n) is 3.27. The first-order valence-electron chi connectivity index (χ1n) is 4.68. The summed E-state index contributed by atoms with van der Waals surface area (Å²) in [5.74, 6) is 0.743. The van der Waals surface area contributed by atoms with E-state index in [-0.39, 0.29) is 0 Å². The van der Waals surface area contributed by atoms with Crippen LogP contribution in [0.25, 0.3) is 0 Å². The Labute approximate surface area is 87.6 Å². The highest BCUT2D eigenvalue weighted by Crippen LogP contribution is 2.04. The Morgan fingerprint density at radius 2 is 2.33 bits per heavy atom. The van der Waals surface area contributed by atoms with Gasteiger partial charge in [-0.1, -0.05) is 0 Å². The van der Waals surface area contributed by atoms with Crippen LogP contribution in [0.1, 0.15) is 22.0 Å². The lowest BCUT2D eigenvalue weighted by atomic mass is 10.4. The van der Waals surface area contributed by atoms with Gasteiger partial charge in [0, 0.05) is 12.4 Å². The third-order valence-electron chi connectivity index (χ3n) is 2.15. The minimum absolute atomic E-state index is 0.602. The number of rotatable bonds is 3. The zero-order valence-corrected chi connectivity index (χ0v) is 8.42. The van der Waals surface area contributed by atoms with E-state index in [2.05, 4.69) is 9.97 Å². The van der Waals surface area contributed by atoms with E-state index in [1.165, 1.54) is 0 Å². The maximum Gasteiger partial charge on any atom is 0.166 e. The summed E-state index contributed by atoms with van der Waals surface area (Å²) >= 11 is 0. The molecule has 0 aliphatic carbocycles. The average Bonchev–Trinajstić information content (AvgIpc) is 2.65. The SMILES string of the molecule is Cc1nccc(Cn2cccc2C=O)n1. The Bertz CT molecular complexity index is 476. The van der Waals surface area contributed by atoms with Gasteiger partial charge in [0.2, 0.25) is 0 Å². The highest BCUT2D eigenvalue weighted by Gasteiger charge is 2.01. The van der Waals surface area contributed by atoms with Crippen LogP contribution in [-0.4, -0.2) is 20.8 Å². The van der Waals surface area contributed by atoms with Crippen LogP contribution in [0, 0.1) is 6.92 Å². The Hall–Kier alpha value is -1.97. The Balaban J connectivity index is 2.25. The highest BCUT2D eigenvalue weighted by molar-refractivity contribution is 5.72. The van der Waals surface area contributed by atoms with Crippen LogP contribution in [0.2, 0.25) is 0 Å². The molecule has 2 aromatic heterocycles. The first-order valence-corrected chi connectivity index (χ1v) is 4.68. The van der Waals surface area contributed by atoms with Crippen LogP contribution < -0.4 is 0 Å². The highest BCUT2D eigenvalue weighted by atomic mass is 16.1. The summed E-state index contributed by atoms with van der Waals surface area (Å²) in [5.41, 5.74) is 1.56. The molecule has 0 saturated heterocycles. The summed E-state index contributed by atoms with van der Waals surface area (Å²) in [6, 6.07) is 5.47. The molecule has 0 saturated carbocycles. The summed E-state index contributed by atoms with van der Waals surface area (Å²) in [4.78, 5) is 19.0. The molecule has 2 aromatic rings. The molecule has 0 aliphatic heterocycles. The molecule has 4 heteroatoms. The van der Waals surface area contributed by atoms with E-state index in [1.807, 2.05) is 29.8 Å². The molecule has 0 spiro atoms. The zero-order valence-electron chi connectivity index (χ0n) is 8.42. The van der Waals surface area contributed by atoms with Crippen LogP contribution in [0.5, 0.6) is 0 Å². The first kappa shape index (κ1) is 9.58. The fourth-order valence-corrected chi connectivity index (χ4v) is 1.45. The van der Waals surface area contributed by atoms with E-state index >= 15 is 0 Å². The molecule has 2 heterocycles. The van der Waals surface area contributed by atoms with E-state index in [4.69, 9.17) is 0 Å². The van der Waals surface area contributed by atoms with Gasteiger partial charge in [-0.05, 0) is 25.1 Å². The second-order valence-corrected chi connectivity index (χ2v) is 3.27. The van der Waals surface area contributed by atoms with Crippen LogP contribution in [0.4, 0.5) is 0 Å². The van der Waals surface area contributed by atoms with Crippen molar-refractivity contribution in [3.63, 3.8) is 0 Å². The van der Waals surface area contributed by atoms with E-state index in [0.717, 1.165) is 17.8 Å². The number of hydrogen-bond donors (Lipinski definition) is 0. The lowest BCUT2D eigenvalue weighted by Gasteiger charge is -2.04. The Morgan fingerprint density at radius 1 is 1.47 bits per heavy atom. The van der Waals surface area contributed by atoms with Crippen molar-refractivity contribution in [2.24, 2.45) is 0 Å². The molecule has 0 amide bonds. The van der Waals surface area contributed by atoms with Crippen molar-refractivity contribution >= 4 is 6.29 Å². The normalized spacial score (nSPS) is 10.2. The van der Waals surface area contributed by atoms with Crippen molar-refractivity contribution in [3.05, 3.63) is 47.8 Å². The van der Waals surface area contributed by atoms with Gasteiger partial charge in [0.15, 0.2) is 6.29 Å². The third-order valence-corrected chi connectivity index (χ3v) is 2.15. The van der Waals surface area contributed by atoms with Crippen molar-refractivity contribution in [1.29, 1.82) is 0 Å². The number of aromatic nitrogens is 3. The summed E-state index contributed by atoms with van der Waals surface area (Å²) in [6.07, 6.45) is 4.43. The first-order chi connectivity index (χ1) is 7.29. The largest absolute Gasteiger partial charge is 0.339 e. The summed E-state index contributed by atoms with van der Waals surface area (Å²) in [5, 5.41) is 0. The van der Waals surface area contributed by atoms with Crippen LogP contribution in [0.15, 0.2) is 30.6 Å². The van der Waals surface area contributed by atoms with Crippen LogP contribution in [-0.2, 0) is 6.54 Å². The zero-order chi connectivity index (χ0) is 10.7. The van der Waals surface area contributed by atoms with Gasteiger partial charge in [0.05, 0.1) is 17.9 Å². The molecule has 15 heavy (non-hydrogen) atoms. The van der Waals surface area contributed by atoms with Gasteiger partial charge in [-0.15, -0.1) is 0 Å². The van der Waals surface area contributed by atoms with E-state index in [9.17, 15) is 4.79 Å². The van der Waals surface area contributed by atoms with Crippen LogP contribution >= 0.6 is 0 Å². The molecular weight excluding hydrogens is 190 g/mol. The molecule has 0 fully saturated rings. The van der Waals surface area contributed by atoms with E-state index in [1.54, 1.807) is 12.3 Å².